The van der Waals surface area contributed by atoms with Crippen LogP contribution in [-0.2, 0) is 6.42 Å². The SMILES string of the molecule is COc1cccc(C(=O)N/N=C2\CCCc3oc(C(=O)Nc4ccc(C)c(Cl)c4)c(C)c32)c1. The van der Waals surface area contributed by atoms with Gasteiger partial charge in [0.25, 0.3) is 11.8 Å². The Balaban J connectivity index is 1.56. The summed E-state index contributed by atoms with van der Waals surface area (Å²) < 4.78 is 11.1. The van der Waals surface area contributed by atoms with Gasteiger partial charge in [0.2, 0.25) is 0 Å². The topological polar surface area (TPSA) is 92.9 Å². The number of rotatable bonds is 5. The molecular formula is C25H24ClN3O4. The van der Waals surface area contributed by atoms with Crippen molar-refractivity contribution in [2.75, 3.05) is 12.4 Å². The number of hydrazone groups is 1. The van der Waals surface area contributed by atoms with E-state index < -0.39 is 0 Å². The van der Waals surface area contributed by atoms with E-state index in [0.29, 0.717) is 51.9 Å². The van der Waals surface area contributed by atoms with E-state index in [1.54, 1.807) is 43.5 Å². The van der Waals surface area contributed by atoms with Crippen LogP contribution in [0.1, 0.15) is 56.2 Å². The van der Waals surface area contributed by atoms with E-state index >= 15 is 0 Å². The molecule has 0 saturated carbocycles. The van der Waals surface area contributed by atoms with Crippen LogP contribution in [0.4, 0.5) is 5.69 Å². The zero-order valence-corrected chi connectivity index (χ0v) is 19.4. The maximum atomic E-state index is 12.9. The van der Waals surface area contributed by atoms with E-state index in [1.165, 1.54) is 0 Å². The molecule has 4 rings (SSSR count). The van der Waals surface area contributed by atoms with E-state index in [2.05, 4.69) is 15.8 Å². The number of nitrogens with one attached hydrogen (secondary N) is 2. The number of amides is 2. The molecule has 3 aromatic rings. The highest BCUT2D eigenvalue weighted by Crippen LogP contribution is 2.30. The van der Waals surface area contributed by atoms with Crippen LogP contribution >= 0.6 is 11.6 Å². The molecule has 2 amide bonds. The van der Waals surface area contributed by atoms with Gasteiger partial charge in [-0.2, -0.15) is 5.10 Å². The van der Waals surface area contributed by atoms with E-state index in [0.717, 1.165) is 17.5 Å². The van der Waals surface area contributed by atoms with Crippen LogP contribution in [0.15, 0.2) is 52.0 Å². The van der Waals surface area contributed by atoms with Crippen LogP contribution < -0.4 is 15.5 Å². The summed E-state index contributed by atoms with van der Waals surface area (Å²) in [5.41, 5.74) is 6.72. The highest BCUT2D eigenvalue weighted by Gasteiger charge is 2.28. The molecule has 0 unspecified atom stereocenters. The number of hydrogen-bond acceptors (Lipinski definition) is 5. The number of carbonyl (C=O) groups is 2. The normalized spacial score (nSPS) is 14.0. The van der Waals surface area contributed by atoms with Gasteiger partial charge in [0.05, 0.1) is 12.8 Å². The first-order valence-corrected chi connectivity index (χ1v) is 11.0. The summed E-state index contributed by atoms with van der Waals surface area (Å²) >= 11 is 6.17. The Morgan fingerprint density at radius 3 is 2.67 bits per heavy atom. The van der Waals surface area contributed by atoms with Crippen LogP contribution in [0.2, 0.25) is 5.02 Å². The maximum absolute atomic E-state index is 12.9. The van der Waals surface area contributed by atoms with E-state index in [9.17, 15) is 9.59 Å². The van der Waals surface area contributed by atoms with Gasteiger partial charge in [0, 0.05) is 33.8 Å². The Hall–Kier alpha value is -3.58. The first-order valence-electron chi connectivity index (χ1n) is 10.6. The number of benzene rings is 2. The zero-order chi connectivity index (χ0) is 23.5. The predicted molar refractivity (Wildman–Crippen MR) is 128 cm³/mol. The zero-order valence-electron chi connectivity index (χ0n) is 18.6. The third-order valence-corrected chi connectivity index (χ3v) is 5.99. The van der Waals surface area contributed by atoms with Gasteiger partial charge in [-0.25, -0.2) is 5.43 Å². The quantitative estimate of drug-likeness (QED) is 0.501. The molecule has 8 heteroatoms. The summed E-state index contributed by atoms with van der Waals surface area (Å²) in [5, 5.41) is 7.77. The van der Waals surface area contributed by atoms with E-state index in [-0.39, 0.29) is 17.6 Å². The molecule has 0 saturated heterocycles. The van der Waals surface area contributed by atoms with Gasteiger partial charge in [-0.1, -0.05) is 23.7 Å². The fourth-order valence-electron chi connectivity index (χ4n) is 3.80. The second-order valence-corrected chi connectivity index (χ2v) is 8.26. The molecule has 1 heterocycles. The number of halogens is 1. The van der Waals surface area contributed by atoms with Crippen LogP contribution in [0.25, 0.3) is 0 Å². The largest absolute Gasteiger partial charge is 0.497 e. The lowest BCUT2D eigenvalue weighted by molar-refractivity contribution is 0.0953. The van der Waals surface area contributed by atoms with Crippen molar-refractivity contribution in [3.05, 3.63) is 81.3 Å². The fourth-order valence-corrected chi connectivity index (χ4v) is 3.98. The molecule has 0 radical (unpaired) electrons. The van der Waals surface area contributed by atoms with Crippen molar-refractivity contribution in [2.24, 2.45) is 5.10 Å². The fraction of sp³-hybridized carbons (Fsp3) is 0.240. The summed E-state index contributed by atoms with van der Waals surface area (Å²) in [7, 11) is 1.55. The van der Waals surface area contributed by atoms with Crippen molar-refractivity contribution in [3.8, 4) is 5.75 Å². The van der Waals surface area contributed by atoms with Gasteiger partial charge in [-0.05, 0) is 62.6 Å². The minimum Gasteiger partial charge on any atom is -0.497 e. The monoisotopic (exact) mass is 465 g/mol. The Bertz CT molecular complexity index is 1260. The van der Waals surface area contributed by atoms with Gasteiger partial charge >= 0.3 is 0 Å². The number of methoxy groups -OCH3 is 1. The van der Waals surface area contributed by atoms with Crippen LogP contribution in [0.3, 0.4) is 0 Å². The summed E-state index contributed by atoms with van der Waals surface area (Å²) in [6, 6.07) is 12.2. The second-order valence-electron chi connectivity index (χ2n) is 7.86. The van der Waals surface area contributed by atoms with E-state index in [1.807, 2.05) is 19.9 Å². The molecule has 7 nitrogen and oxygen atoms in total. The third-order valence-electron chi connectivity index (χ3n) is 5.59. The van der Waals surface area contributed by atoms with Crippen molar-refractivity contribution in [1.29, 1.82) is 0 Å². The molecule has 0 atom stereocenters. The second kappa shape index (κ2) is 9.50. The summed E-state index contributed by atoms with van der Waals surface area (Å²) in [6.07, 6.45) is 2.17. The number of ether oxygens (including phenoxy) is 1. The van der Waals surface area contributed by atoms with Crippen molar-refractivity contribution >= 4 is 34.8 Å². The van der Waals surface area contributed by atoms with Crippen LogP contribution in [0, 0.1) is 13.8 Å². The first-order chi connectivity index (χ1) is 15.9. The predicted octanol–water partition coefficient (Wildman–Crippen LogP) is 5.28. The Labute approximate surface area is 196 Å². The smallest absolute Gasteiger partial charge is 0.291 e. The third kappa shape index (κ3) is 4.78. The molecule has 1 aliphatic rings. The molecule has 0 aliphatic heterocycles. The average molecular weight is 466 g/mol. The molecule has 1 aromatic heterocycles. The van der Waals surface area contributed by atoms with Crippen molar-refractivity contribution < 1.29 is 18.7 Å². The highest BCUT2D eigenvalue weighted by molar-refractivity contribution is 6.31. The molecule has 1 aliphatic carbocycles. The standard InChI is InChI=1S/C25H24ClN3O4/c1-14-10-11-17(13-19(14)26)27-25(31)23-15(2)22-20(8-5-9-21(22)33-23)28-29-24(30)16-6-4-7-18(12-16)32-3/h4,6-7,10-13H,5,8-9H2,1-3H3,(H,27,31)(H,29,30)/b28-20+. The minimum atomic E-state index is -0.360. The number of hydrogen-bond donors (Lipinski definition) is 2. The lowest BCUT2D eigenvalue weighted by Crippen LogP contribution is -2.22. The van der Waals surface area contributed by atoms with Gasteiger partial charge < -0.3 is 14.5 Å². The molecular weight excluding hydrogens is 442 g/mol. The lowest BCUT2D eigenvalue weighted by atomic mass is 9.93. The van der Waals surface area contributed by atoms with Crippen molar-refractivity contribution in [1.82, 2.24) is 5.43 Å². The summed E-state index contributed by atoms with van der Waals surface area (Å²) in [5.74, 6) is 0.808. The number of carbonyl (C=O) groups excluding carboxylic acids is 2. The molecule has 170 valence electrons. The van der Waals surface area contributed by atoms with Crippen LogP contribution in [0.5, 0.6) is 5.75 Å². The lowest BCUT2D eigenvalue weighted by Gasteiger charge is -2.13. The Kier molecular flexibility index (Phi) is 6.51. The van der Waals surface area contributed by atoms with E-state index in [4.69, 9.17) is 20.8 Å². The number of furan rings is 1. The Morgan fingerprint density at radius 2 is 1.91 bits per heavy atom. The maximum Gasteiger partial charge on any atom is 0.291 e. The molecule has 0 bridgehead atoms. The number of nitrogens with zero attached hydrogens (tertiary/aromatic N) is 1. The minimum absolute atomic E-state index is 0.227. The van der Waals surface area contributed by atoms with Crippen LogP contribution in [-0.4, -0.2) is 24.6 Å². The van der Waals surface area contributed by atoms with Gasteiger partial charge in [-0.3, -0.25) is 9.59 Å². The first kappa shape index (κ1) is 22.6. The van der Waals surface area contributed by atoms with Crippen molar-refractivity contribution in [3.63, 3.8) is 0 Å². The molecule has 33 heavy (non-hydrogen) atoms. The summed E-state index contributed by atoms with van der Waals surface area (Å²) in [6.45, 7) is 3.72. The molecule has 2 N–H and O–H groups in total. The highest BCUT2D eigenvalue weighted by atomic mass is 35.5. The Morgan fingerprint density at radius 1 is 1.09 bits per heavy atom. The van der Waals surface area contributed by atoms with Crippen molar-refractivity contribution in [2.45, 2.75) is 33.1 Å². The van der Waals surface area contributed by atoms with Gasteiger partial charge in [-0.15, -0.1) is 0 Å². The van der Waals surface area contributed by atoms with Gasteiger partial charge in [0.1, 0.15) is 11.5 Å². The number of aryl methyl sites for hydroxylation is 2. The molecule has 0 fully saturated rings. The summed E-state index contributed by atoms with van der Waals surface area (Å²) in [4.78, 5) is 25.4. The molecule has 0 spiro atoms. The number of fused-ring (bicyclic) bond motifs is 1. The average Bonchev–Trinajstić information content (AvgIpc) is 3.17. The molecule has 2 aromatic carbocycles. The number of anilines is 1. The van der Waals surface area contributed by atoms with Gasteiger partial charge in [0.15, 0.2) is 5.76 Å².